The van der Waals surface area contributed by atoms with E-state index in [1.807, 2.05) is 6.92 Å². The van der Waals surface area contributed by atoms with Crippen LogP contribution in [0.4, 0.5) is 3.89 Å². The van der Waals surface area contributed by atoms with Crippen LogP contribution < -0.4 is 0 Å². The molecule has 2 unspecified atom stereocenters. The molecule has 5 heteroatoms. The number of ether oxygens (including phenoxy) is 1. The fourth-order valence-electron chi connectivity index (χ4n) is 1.15. The van der Waals surface area contributed by atoms with E-state index in [2.05, 4.69) is 0 Å². The first-order valence-electron chi connectivity index (χ1n) is 3.59. The van der Waals surface area contributed by atoms with Crippen LogP contribution in [0.3, 0.4) is 0 Å². The molecule has 3 nitrogen and oxygen atoms in total. The number of hydrogen-bond acceptors (Lipinski definition) is 3. The van der Waals surface area contributed by atoms with E-state index in [-0.39, 0.29) is 12.7 Å². The van der Waals surface area contributed by atoms with Gasteiger partial charge in [-0.1, -0.05) is 6.92 Å². The maximum atomic E-state index is 12.3. The van der Waals surface area contributed by atoms with Gasteiger partial charge in [0.05, 0.1) is 12.7 Å². The third-order valence-electron chi connectivity index (χ3n) is 1.90. The highest BCUT2D eigenvalue weighted by Gasteiger charge is 2.34. The maximum Gasteiger partial charge on any atom is 0.307 e. The van der Waals surface area contributed by atoms with Crippen LogP contribution in [0.25, 0.3) is 0 Å². The second-order valence-electron chi connectivity index (χ2n) is 2.70. The van der Waals surface area contributed by atoms with E-state index in [0.717, 1.165) is 6.42 Å². The highest BCUT2D eigenvalue weighted by atomic mass is 32.3. The average Bonchev–Trinajstić information content (AvgIpc) is 2.32. The normalized spacial score (nSPS) is 32.5. The predicted octanol–water partition coefficient (Wildman–Crippen LogP) is 0.853. The van der Waals surface area contributed by atoms with Crippen molar-refractivity contribution in [3.8, 4) is 0 Å². The Balaban J connectivity index is 2.55. The van der Waals surface area contributed by atoms with Crippen molar-refractivity contribution < 1.29 is 17.0 Å². The molecule has 0 spiro atoms. The lowest BCUT2D eigenvalue weighted by molar-refractivity contribution is 0.108. The van der Waals surface area contributed by atoms with Crippen molar-refractivity contribution >= 4 is 10.2 Å². The molecule has 1 aliphatic rings. The largest absolute Gasteiger partial charge is 0.377 e. The summed E-state index contributed by atoms with van der Waals surface area (Å²) < 4.78 is 38.0. The number of rotatable bonds is 2. The van der Waals surface area contributed by atoms with Gasteiger partial charge >= 0.3 is 10.2 Å². The zero-order valence-electron chi connectivity index (χ0n) is 6.29. The maximum absolute atomic E-state index is 12.3. The van der Waals surface area contributed by atoms with E-state index in [9.17, 15) is 12.3 Å². The van der Waals surface area contributed by atoms with E-state index >= 15 is 0 Å². The molecule has 0 aromatic rings. The van der Waals surface area contributed by atoms with Crippen LogP contribution in [-0.2, 0) is 15.0 Å². The second-order valence-corrected chi connectivity index (χ2v) is 4.31. The van der Waals surface area contributed by atoms with Crippen molar-refractivity contribution in [2.24, 2.45) is 0 Å². The summed E-state index contributed by atoms with van der Waals surface area (Å²) in [5, 5.41) is -0.924. The van der Waals surface area contributed by atoms with Gasteiger partial charge in [-0.05, 0) is 12.8 Å². The SMILES string of the molecule is CCC1CC(S(=O)(=O)F)CO1. The lowest BCUT2D eigenvalue weighted by atomic mass is 10.2. The Morgan fingerprint density at radius 2 is 2.27 bits per heavy atom. The standard InChI is InChI=1S/C6H11FO3S/c1-2-5-3-6(4-10-5)11(7,8)9/h5-6H,2-4H2,1H3. The Morgan fingerprint density at radius 3 is 2.55 bits per heavy atom. The Labute approximate surface area is 65.8 Å². The van der Waals surface area contributed by atoms with Gasteiger partial charge < -0.3 is 4.74 Å². The lowest BCUT2D eigenvalue weighted by Gasteiger charge is -2.02. The molecule has 1 heterocycles. The van der Waals surface area contributed by atoms with Gasteiger partial charge in [0.15, 0.2) is 0 Å². The van der Waals surface area contributed by atoms with Crippen LogP contribution in [0, 0.1) is 0 Å². The molecule has 11 heavy (non-hydrogen) atoms. The summed E-state index contributed by atoms with van der Waals surface area (Å²) in [6.07, 6.45) is 0.965. The van der Waals surface area contributed by atoms with Crippen LogP contribution >= 0.6 is 0 Å². The van der Waals surface area contributed by atoms with E-state index in [0.29, 0.717) is 6.42 Å². The van der Waals surface area contributed by atoms with Crippen molar-refractivity contribution in [3.63, 3.8) is 0 Å². The highest BCUT2D eigenvalue weighted by molar-refractivity contribution is 7.87. The minimum absolute atomic E-state index is 0.0112. The summed E-state index contributed by atoms with van der Waals surface area (Å²) in [6, 6.07) is 0. The highest BCUT2D eigenvalue weighted by Crippen LogP contribution is 2.22. The van der Waals surface area contributed by atoms with Gasteiger partial charge in [0.25, 0.3) is 0 Å². The summed E-state index contributed by atoms with van der Waals surface area (Å²) in [5.74, 6) is 0. The predicted molar refractivity (Wildman–Crippen MR) is 38.5 cm³/mol. The molecule has 1 rings (SSSR count). The third-order valence-corrected chi connectivity index (χ3v) is 3.02. The molecule has 0 aliphatic carbocycles. The molecule has 0 saturated carbocycles. The molecular weight excluding hydrogens is 171 g/mol. The fraction of sp³-hybridized carbons (Fsp3) is 1.00. The molecule has 1 saturated heterocycles. The van der Waals surface area contributed by atoms with Crippen molar-refractivity contribution in [2.45, 2.75) is 31.1 Å². The molecule has 0 amide bonds. The topological polar surface area (TPSA) is 43.4 Å². The first-order chi connectivity index (χ1) is 5.04. The van der Waals surface area contributed by atoms with E-state index in [1.54, 1.807) is 0 Å². The Morgan fingerprint density at radius 1 is 1.64 bits per heavy atom. The summed E-state index contributed by atoms with van der Waals surface area (Å²) in [5.41, 5.74) is 0. The minimum Gasteiger partial charge on any atom is -0.377 e. The summed E-state index contributed by atoms with van der Waals surface area (Å²) in [4.78, 5) is 0. The molecule has 2 atom stereocenters. The molecular formula is C6H11FO3S. The van der Waals surface area contributed by atoms with E-state index in [4.69, 9.17) is 4.74 Å². The van der Waals surface area contributed by atoms with Crippen LogP contribution in [0.2, 0.25) is 0 Å². The van der Waals surface area contributed by atoms with Crippen molar-refractivity contribution in [1.82, 2.24) is 0 Å². The van der Waals surface area contributed by atoms with Crippen molar-refractivity contribution in [3.05, 3.63) is 0 Å². The minimum atomic E-state index is -4.37. The quantitative estimate of drug-likeness (QED) is 0.595. The van der Waals surface area contributed by atoms with Gasteiger partial charge in [-0.25, -0.2) is 0 Å². The molecule has 0 bridgehead atoms. The molecule has 0 aromatic carbocycles. The number of halogens is 1. The van der Waals surface area contributed by atoms with Crippen molar-refractivity contribution in [1.29, 1.82) is 0 Å². The molecule has 1 fully saturated rings. The molecule has 0 radical (unpaired) electrons. The average molecular weight is 182 g/mol. The monoisotopic (exact) mass is 182 g/mol. The van der Waals surface area contributed by atoms with Crippen LogP contribution in [0.1, 0.15) is 19.8 Å². The Bertz CT molecular complexity index is 224. The molecule has 0 N–H and O–H groups in total. The second kappa shape index (κ2) is 3.06. The Kier molecular flexibility index (Phi) is 2.49. The van der Waals surface area contributed by atoms with Crippen LogP contribution in [-0.4, -0.2) is 26.4 Å². The smallest absolute Gasteiger partial charge is 0.307 e. The van der Waals surface area contributed by atoms with E-state index < -0.39 is 15.5 Å². The van der Waals surface area contributed by atoms with Gasteiger partial charge in [0.2, 0.25) is 0 Å². The van der Waals surface area contributed by atoms with Gasteiger partial charge in [0, 0.05) is 0 Å². The van der Waals surface area contributed by atoms with Crippen LogP contribution in [0.5, 0.6) is 0 Å². The summed E-state index contributed by atoms with van der Waals surface area (Å²) in [6.45, 7) is 1.90. The van der Waals surface area contributed by atoms with Crippen molar-refractivity contribution in [2.75, 3.05) is 6.61 Å². The fourth-order valence-corrected chi connectivity index (χ4v) is 1.84. The van der Waals surface area contributed by atoms with Gasteiger partial charge in [-0.2, -0.15) is 8.42 Å². The molecule has 66 valence electrons. The van der Waals surface area contributed by atoms with Crippen LogP contribution in [0.15, 0.2) is 0 Å². The molecule has 0 aromatic heterocycles. The summed E-state index contributed by atoms with van der Waals surface area (Å²) >= 11 is 0. The number of hydrogen-bond donors (Lipinski definition) is 0. The van der Waals surface area contributed by atoms with Gasteiger partial charge in [0.1, 0.15) is 5.25 Å². The first kappa shape index (κ1) is 8.93. The van der Waals surface area contributed by atoms with E-state index in [1.165, 1.54) is 0 Å². The molecule has 1 aliphatic heterocycles. The zero-order chi connectivity index (χ0) is 8.48. The third kappa shape index (κ3) is 2.13. The Hall–Kier alpha value is -0.160. The lowest BCUT2D eigenvalue weighted by Crippen LogP contribution is -2.16. The first-order valence-corrected chi connectivity index (χ1v) is 5.03. The summed E-state index contributed by atoms with van der Waals surface area (Å²) in [7, 11) is -4.37. The zero-order valence-corrected chi connectivity index (χ0v) is 7.10. The van der Waals surface area contributed by atoms with Gasteiger partial charge in [-0.15, -0.1) is 3.89 Å². The van der Waals surface area contributed by atoms with Gasteiger partial charge in [-0.3, -0.25) is 0 Å².